The van der Waals surface area contributed by atoms with Gasteiger partial charge >= 0.3 is 0 Å². The van der Waals surface area contributed by atoms with Gasteiger partial charge in [-0.05, 0) is 41.3 Å². The summed E-state index contributed by atoms with van der Waals surface area (Å²) in [7, 11) is 0. The highest BCUT2D eigenvalue weighted by Crippen LogP contribution is 2.26. The van der Waals surface area contributed by atoms with Gasteiger partial charge in [-0.25, -0.2) is 0 Å². The molecule has 0 atom stereocenters. The number of hydrogen-bond donors (Lipinski definition) is 2. The van der Waals surface area contributed by atoms with Crippen molar-refractivity contribution in [1.82, 2.24) is 4.98 Å². The number of nitrogens with one attached hydrogen (secondary N) is 1. The maximum atomic E-state index is 5.61. The van der Waals surface area contributed by atoms with Crippen molar-refractivity contribution in [2.75, 3.05) is 0 Å². The molecule has 0 aliphatic rings. The van der Waals surface area contributed by atoms with E-state index < -0.39 is 0 Å². The molecule has 1 heterocycles. The fraction of sp³-hybridized carbons (Fsp3) is 0.125. The molecule has 0 spiro atoms. The summed E-state index contributed by atoms with van der Waals surface area (Å²) >= 11 is 0. The Kier molecular flexibility index (Phi) is 2.65. The van der Waals surface area contributed by atoms with Gasteiger partial charge in [0.15, 0.2) is 0 Å². The predicted molar refractivity (Wildman–Crippen MR) is 76.4 cm³/mol. The number of aryl methyl sites for hydroxylation is 1. The van der Waals surface area contributed by atoms with Crippen LogP contribution in [-0.4, -0.2) is 4.98 Å². The Labute approximate surface area is 106 Å². The Hall–Kier alpha value is -2.06. The van der Waals surface area contributed by atoms with Gasteiger partial charge < -0.3 is 10.7 Å². The van der Waals surface area contributed by atoms with Crippen LogP contribution in [0.5, 0.6) is 0 Å². The summed E-state index contributed by atoms with van der Waals surface area (Å²) in [5.74, 6) is 0. The number of fused-ring (bicyclic) bond motifs is 1. The van der Waals surface area contributed by atoms with Gasteiger partial charge in [-0.3, -0.25) is 0 Å². The third-order valence-corrected chi connectivity index (χ3v) is 3.41. The molecule has 0 saturated carbocycles. The first kappa shape index (κ1) is 11.1. The molecule has 90 valence electrons. The molecule has 0 radical (unpaired) electrons. The van der Waals surface area contributed by atoms with Crippen molar-refractivity contribution >= 4 is 10.9 Å². The van der Waals surface area contributed by atoms with E-state index in [1.165, 1.54) is 27.6 Å². The summed E-state index contributed by atoms with van der Waals surface area (Å²) in [6, 6.07) is 15.0. The first-order chi connectivity index (χ1) is 8.78. The molecule has 0 fully saturated rings. The molecule has 0 aliphatic carbocycles. The van der Waals surface area contributed by atoms with Crippen molar-refractivity contribution < 1.29 is 0 Å². The Morgan fingerprint density at radius 3 is 2.44 bits per heavy atom. The van der Waals surface area contributed by atoms with Crippen LogP contribution in [0.1, 0.15) is 11.1 Å². The third-order valence-electron chi connectivity index (χ3n) is 3.41. The van der Waals surface area contributed by atoms with E-state index in [1.807, 2.05) is 6.20 Å². The number of rotatable bonds is 2. The minimum atomic E-state index is 0.593. The summed E-state index contributed by atoms with van der Waals surface area (Å²) in [5.41, 5.74) is 11.7. The fourth-order valence-corrected chi connectivity index (χ4v) is 2.27. The SMILES string of the molecule is Cc1c[nH]c2ccc(-c3ccc(CN)cc3)cc12. The van der Waals surface area contributed by atoms with Gasteiger partial charge in [0.2, 0.25) is 0 Å². The highest BCUT2D eigenvalue weighted by atomic mass is 14.7. The largest absolute Gasteiger partial charge is 0.361 e. The molecule has 2 heteroatoms. The monoisotopic (exact) mass is 236 g/mol. The van der Waals surface area contributed by atoms with Gasteiger partial charge in [0.25, 0.3) is 0 Å². The molecule has 3 aromatic rings. The Balaban J connectivity index is 2.09. The van der Waals surface area contributed by atoms with Gasteiger partial charge in [-0.2, -0.15) is 0 Å². The van der Waals surface area contributed by atoms with Gasteiger partial charge in [0, 0.05) is 23.6 Å². The summed E-state index contributed by atoms with van der Waals surface area (Å²) in [6.45, 7) is 2.72. The second-order valence-corrected chi connectivity index (χ2v) is 4.63. The van der Waals surface area contributed by atoms with Crippen molar-refractivity contribution in [3.8, 4) is 11.1 Å². The first-order valence-electron chi connectivity index (χ1n) is 6.15. The predicted octanol–water partition coefficient (Wildman–Crippen LogP) is 3.60. The molecule has 0 unspecified atom stereocenters. The highest BCUT2D eigenvalue weighted by Gasteiger charge is 2.03. The highest BCUT2D eigenvalue weighted by molar-refractivity contribution is 5.87. The minimum absolute atomic E-state index is 0.593. The zero-order chi connectivity index (χ0) is 12.5. The summed E-state index contributed by atoms with van der Waals surface area (Å²) in [4.78, 5) is 3.27. The van der Waals surface area contributed by atoms with Crippen molar-refractivity contribution in [2.24, 2.45) is 5.73 Å². The fourth-order valence-electron chi connectivity index (χ4n) is 2.27. The first-order valence-corrected chi connectivity index (χ1v) is 6.15. The van der Waals surface area contributed by atoms with E-state index in [0.717, 1.165) is 5.56 Å². The lowest BCUT2D eigenvalue weighted by atomic mass is 10.0. The van der Waals surface area contributed by atoms with Gasteiger partial charge in [-0.15, -0.1) is 0 Å². The zero-order valence-electron chi connectivity index (χ0n) is 10.4. The summed E-state index contributed by atoms with van der Waals surface area (Å²) < 4.78 is 0. The molecule has 0 saturated heterocycles. The topological polar surface area (TPSA) is 41.8 Å². The van der Waals surface area contributed by atoms with Gasteiger partial charge in [0.1, 0.15) is 0 Å². The standard InChI is InChI=1S/C16H16N2/c1-11-10-18-16-7-6-14(8-15(11)16)13-4-2-12(9-17)3-5-13/h2-8,10,18H,9,17H2,1H3. The van der Waals surface area contributed by atoms with E-state index >= 15 is 0 Å². The molecule has 0 aliphatic heterocycles. The third kappa shape index (κ3) is 1.81. The van der Waals surface area contributed by atoms with Crippen LogP contribution in [-0.2, 0) is 6.54 Å². The number of benzene rings is 2. The number of H-pyrrole nitrogens is 1. The van der Waals surface area contributed by atoms with Crippen molar-refractivity contribution in [3.05, 3.63) is 59.8 Å². The van der Waals surface area contributed by atoms with E-state index in [4.69, 9.17) is 5.73 Å². The van der Waals surface area contributed by atoms with E-state index in [1.54, 1.807) is 0 Å². The molecule has 3 N–H and O–H groups in total. The number of nitrogens with two attached hydrogens (primary N) is 1. The minimum Gasteiger partial charge on any atom is -0.361 e. The molecule has 18 heavy (non-hydrogen) atoms. The van der Waals surface area contributed by atoms with Crippen LogP contribution >= 0.6 is 0 Å². The van der Waals surface area contributed by atoms with Crippen LogP contribution in [0, 0.1) is 6.92 Å². The van der Waals surface area contributed by atoms with E-state index in [-0.39, 0.29) is 0 Å². The zero-order valence-corrected chi connectivity index (χ0v) is 10.4. The number of hydrogen-bond acceptors (Lipinski definition) is 1. The number of aromatic nitrogens is 1. The molecule has 0 bridgehead atoms. The van der Waals surface area contributed by atoms with Crippen LogP contribution in [0.15, 0.2) is 48.7 Å². The molecule has 1 aromatic heterocycles. The van der Waals surface area contributed by atoms with E-state index in [2.05, 4.69) is 54.4 Å². The number of aromatic amines is 1. The smallest absolute Gasteiger partial charge is 0.0457 e. The van der Waals surface area contributed by atoms with Crippen LogP contribution in [0.25, 0.3) is 22.0 Å². The van der Waals surface area contributed by atoms with Gasteiger partial charge in [-0.1, -0.05) is 30.3 Å². The lowest BCUT2D eigenvalue weighted by Crippen LogP contribution is -1.95. The molecule has 2 nitrogen and oxygen atoms in total. The lowest BCUT2D eigenvalue weighted by molar-refractivity contribution is 1.07. The Morgan fingerprint density at radius 1 is 1.00 bits per heavy atom. The van der Waals surface area contributed by atoms with Crippen LogP contribution in [0.2, 0.25) is 0 Å². The van der Waals surface area contributed by atoms with Crippen LogP contribution in [0.3, 0.4) is 0 Å². The average Bonchev–Trinajstić information content (AvgIpc) is 2.80. The molecular formula is C16H16N2. The molecular weight excluding hydrogens is 220 g/mol. The van der Waals surface area contributed by atoms with Crippen LogP contribution in [0.4, 0.5) is 0 Å². The molecule has 0 amide bonds. The van der Waals surface area contributed by atoms with Crippen molar-refractivity contribution in [2.45, 2.75) is 13.5 Å². The maximum Gasteiger partial charge on any atom is 0.0457 e. The Bertz CT molecular complexity index is 678. The summed E-state index contributed by atoms with van der Waals surface area (Å²) in [5, 5.41) is 1.29. The second-order valence-electron chi connectivity index (χ2n) is 4.63. The van der Waals surface area contributed by atoms with E-state index in [9.17, 15) is 0 Å². The maximum absolute atomic E-state index is 5.61. The quantitative estimate of drug-likeness (QED) is 0.701. The normalized spacial score (nSPS) is 11.0. The van der Waals surface area contributed by atoms with Crippen LogP contribution < -0.4 is 5.73 Å². The lowest BCUT2D eigenvalue weighted by Gasteiger charge is -2.04. The average molecular weight is 236 g/mol. The molecule has 3 rings (SSSR count). The second kappa shape index (κ2) is 4.31. The van der Waals surface area contributed by atoms with Gasteiger partial charge in [0.05, 0.1) is 0 Å². The van der Waals surface area contributed by atoms with Crippen molar-refractivity contribution in [1.29, 1.82) is 0 Å². The summed E-state index contributed by atoms with van der Waals surface area (Å²) in [6.07, 6.45) is 2.05. The Morgan fingerprint density at radius 2 is 1.72 bits per heavy atom. The van der Waals surface area contributed by atoms with Crippen molar-refractivity contribution in [3.63, 3.8) is 0 Å². The molecule has 2 aromatic carbocycles. The van der Waals surface area contributed by atoms with E-state index in [0.29, 0.717) is 6.54 Å².